The van der Waals surface area contributed by atoms with Crippen molar-refractivity contribution in [3.05, 3.63) is 30.1 Å². The molecule has 1 aliphatic rings. The summed E-state index contributed by atoms with van der Waals surface area (Å²) < 4.78 is 17.5. The van der Waals surface area contributed by atoms with Gasteiger partial charge in [0.1, 0.15) is 5.82 Å². The standard InChI is InChI=1S/C13H16FNO2/c1-17-13(16)11-3-2-4-12(11)15-10-7-5-9(14)6-8-10/h5-8,11-12,15H,2-4H2,1H3. The fourth-order valence-corrected chi connectivity index (χ4v) is 2.33. The van der Waals surface area contributed by atoms with E-state index in [1.165, 1.54) is 19.2 Å². The Balaban J connectivity index is 2.02. The average molecular weight is 237 g/mol. The Morgan fingerprint density at radius 3 is 2.71 bits per heavy atom. The van der Waals surface area contributed by atoms with Crippen LogP contribution in [0.15, 0.2) is 24.3 Å². The minimum Gasteiger partial charge on any atom is -0.469 e. The molecule has 0 spiro atoms. The van der Waals surface area contributed by atoms with Crippen molar-refractivity contribution in [2.24, 2.45) is 5.92 Å². The van der Waals surface area contributed by atoms with Crippen LogP contribution in [0.2, 0.25) is 0 Å². The first kappa shape index (κ1) is 11.9. The second-order valence-electron chi connectivity index (χ2n) is 4.32. The number of halogens is 1. The highest BCUT2D eigenvalue weighted by Crippen LogP contribution is 2.29. The number of carbonyl (C=O) groups excluding carboxylic acids is 1. The van der Waals surface area contributed by atoms with Gasteiger partial charge in [0, 0.05) is 11.7 Å². The number of rotatable bonds is 3. The van der Waals surface area contributed by atoms with E-state index in [-0.39, 0.29) is 23.7 Å². The molecule has 1 fully saturated rings. The Labute approximate surface area is 100.0 Å². The number of hydrogen-bond donors (Lipinski definition) is 1. The molecule has 0 amide bonds. The molecule has 2 atom stereocenters. The molecule has 1 aliphatic carbocycles. The average Bonchev–Trinajstić information content (AvgIpc) is 2.79. The van der Waals surface area contributed by atoms with Crippen molar-refractivity contribution in [1.29, 1.82) is 0 Å². The first-order valence-electron chi connectivity index (χ1n) is 5.80. The van der Waals surface area contributed by atoms with Crippen molar-refractivity contribution < 1.29 is 13.9 Å². The van der Waals surface area contributed by atoms with Crippen LogP contribution in [0.5, 0.6) is 0 Å². The Morgan fingerprint density at radius 2 is 2.06 bits per heavy atom. The maximum Gasteiger partial charge on any atom is 0.310 e. The molecule has 1 N–H and O–H groups in total. The number of carbonyl (C=O) groups is 1. The number of methoxy groups -OCH3 is 1. The van der Waals surface area contributed by atoms with Gasteiger partial charge in [0.25, 0.3) is 0 Å². The largest absolute Gasteiger partial charge is 0.469 e. The summed E-state index contributed by atoms with van der Waals surface area (Å²) in [6.45, 7) is 0. The predicted molar refractivity (Wildman–Crippen MR) is 63.2 cm³/mol. The Bertz CT molecular complexity index is 391. The van der Waals surface area contributed by atoms with E-state index in [1.54, 1.807) is 12.1 Å². The molecule has 3 nitrogen and oxygen atoms in total. The summed E-state index contributed by atoms with van der Waals surface area (Å²) in [5.41, 5.74) is 0.840. The smallest absolute Gasteiger partial charge is 0.310 e. The molecule has 2 rings (SSSR count). The Morgan fingerprint density at radius 1 is 1.35 bits per heavy atom. The number of nitrogens with one attached hydrogen (secondary N) is 1. The van der Waals surface area contributed by atoms with Crippen molar-refractivity contribution in [2.45, 2.75) is 25.3 Å². The van der Waals surface area contributed by atoms with E-state index < -0.39 is 0 Å². The summed E-state index contributed by atoms with van der Waals surface area (Å²) in [7, 11) is 1.41. The second kappa shape index (κ2) is 5.17. The molecule has 0 bridgehead atoms. The molecule has 17 heavy (non-hydrogen) atoms. The van der Waals surface area contributed by atoms with Crippen LogP contribution in [0.25, 0.3) is 0 Å². The van der Waals surface area contributed by atoms with E-state index in [4.69, 9.17) is 4.74 Å². The number of benzene rings is 1. The lowest BCUT2D eigenvalue weighted by molar-refractivity contribution is -0.145. The number of anilines is 1. The van der Waals surface area contributed by atoms with Crippen LogP contribution in [0.4, 0.5) is 10.1 Å². The molecule has 1 aromatic rings. The summed E-state index contributed by atoms with van der Waals surface area (Å²) in [6, 6.07) is 6.27. The van der Waals surface area contributed by atoms with Gasteiger partial charge in [0.05, 0.1) is 13.0 Å². The topological polar surface area (TPSA) is 38.3 Å². The van der Waals surface area contributed by atoms with E-state index in [9.17, 15) is 9.18 Å². The van der Waals surface area contributed by atoms with Crippen molar-refractivity contribution >= 4 is 11.7 Å². The van der Waals surface area contributed by atoms with Gasteiger partial charge < -0.3 is 10.1 Å². The maximum absolute atomic E-state index is 12.8. The van der Waals surface area contributed by atoms with E-state index in [2.05, 4.69) is 5.32 Å². The summed E-state index contributed by atoms with van der Waals surface area (Å²) in [5, 5.41) is 3.27. The highest BCUT2D eigenvalue weighted by atomic mass is 19.1. The van der Waals surface area contributed by atoms with Gasteiger partial charge in [-0.1, -0.05) is 6.42 Å². The first-order valence-corrected chi connectivity index (χ1v) is 5.80. The SMILES string of the molecule is COC(=O)C1CCCC1Nc1ccc(F)cc1. The van der Waals surface area contributed by atoms with E-state index in [1.807, 2.05) is 0 Å². The molecular weight excluding hydrogens is 221 g/mol. The molecule has 1 aromatic carbocycles. The number of ether oxygens (including phenoxy) is 1. The van der Waals surface area contributed by atoms with Gasteiger partial charge in [-0.05, 0) is 37.1 Å². The fraction of sp³-hybridized carbons (Fsp3) is 0.462. The Hall–Kier alpha value is -1.58. The van der Waals surface area contributed by atoms with Crippen LogP contribution in [0.1, 0.15) is 19.3 Å². The van der Waals surface area contributed by atoms with Crippen LogP contribution in [0, 0.1) is 11.7 Å². The summed E-state index contributed by atoms with van der Waals surface area (Å²) in [6.07, 6.45) is 2.81. The van der Waals surface area contributed by atoms with E-state index >= 15 is 0 Å². The quantitative estimate of drug-likeness (QED) is 0.821. The summed E-state index contributed by atoms with van der Waals surface area (Å²) in [4.78, 5) is 11.5. The van der Waals surface area contributed by atoms with Crippen molar-refractivity contribution in [3.63, 3.8) is 0 Å². The van der Waals surface area contributed by atoms with E-state index in [0.717, 1.165) is 24.9 Å². The summed E-state index contributed by atoms with van der Waals surface area (Å²) in [5.74, 6) is -0.515. The lowest BCUT2D eigenvalue weighted by atomic mass is 10.0. The molecule has 92 valence electrons. The van der Waals surface area contributed by atoms with Gasteiger partial charge in [-0.15, -0.1) is 0 Å². The van der Waals surface area contributed by atoms with Crippen molar-refractivity contribution in [2.75, 3.05) is 12.4 Å². The molecule has 1 saturated carbocycles. The molecule has 0 heterocycles. The highest BCUT2D eigenvalue weighted by Gasteiger charge is 2.33. The zero-order valence-electron chi connectivity index (χ0n) is 9.78. The number of esters is 1. The minimum absolute atomic E-state index is 0.0907. The Kier molecular flexibility index (Phi) is 3.61. The third-order valence-electron chi connectivity index (χ3n) is 3.22. The molecule has 0 saturated heterocycles. The maximum atomic E-state index is 12.8. The molecule has 0 aliphatic heterocycles. The van der Waals surface area contributed by atoms with E-state index in [0.29, 0.717) is 0 Å². The first-order chi connectivity index (χ1) is 8.20. The molecule has 0 aromatic heterocycles. The van der Waals surface area contributed by atoms with Crippen LogP contribution in [0.3, 0.4) is 0 Å². The monoisotopic (exact) mass is 237 g/mol. The third kappa shape index (κ3) is 2.75. The number of hydrogen-bond acceptors (Lipinski definition) is 3. The van der Waals surface area contributed by atoms with Gasteiger partial charge in [0.2, 0.25) is 0 Å². The summed E-state index contributed by atoms with van der Waals surface area (Å²) >= 11 is 0. The van der Waals surface area contributed by atoms with Crippen LogP contribution >= 0.6 is 0 Å². The zero-order valence-corrected chi connectivity index (χ0v) is 9.78. The lowest BCUT2D eigenvalue weighted by Crippen LogP contribution is -2.30. The normalized spacial score (nSPS) is 23.4. The molecule has 0 radical (unpaired) electrons. The van der Waals surface area contributed by atoms with Gasteiger partial charge in [-0.25, -0.2) is 4.39 Å². The van der Waals surface area contributed by atoms with Crippen molar-refractivity contribution in [3.8, 4) is 0 Å². The van der Waals surface area contributed by atoms with Crippen LogP contribution in [-0.2, 0) is 9.53 Å². The second-order valence-corrected chi connectivity index (χ2v) is 4.32. The van der Waals surface area contributed by atoms with Gasteiger partial charge in [0.15, 0.2) is 0 Å². The van der Waals surface area contributed by atoms with Crippen molar-refractivity contribution in [1.82, 2.24) is 0 Å². The molecule has 2 unspecified atom stereocenters. The van der Waals surface area contributed by atoms with Crippen LogP contribution < -0.4 is 5.32 Å². The fourth-order valence-electron chi connectivity index (χ4n) is 2.33. The molecular formula is C13H16FNO2. The minimum atomic E-state index is -0.258. The van der Waals surface area contributed by atoms with Crippen LogP contribution in [-0.4, -0.2) is 19.1 Å². The third-order valence-corrected chi connectivity index (χ3v) is 3.22. The highest BCUT2D eigenvalue weighted by molar-refractivity contribution is 5.74. The van der Waals surface area contributed by atoms with Gasteiger partial charge in [-0.2, -0.15) is 0 Å². The lowest BCUT2D eigenvalue weighted by Gasteiger charge is -2.20. The van der Waals surface area contributed by atoms with Gasteiger partial charge >= 0.3 is 5.97 Å². The zero-order chi connectivity index (χ0) is 12.3. The molecule has 4 heteroatoms. The predicted octanol–water partition coefficient (Wildman–Crippen LogP) is 2.58. The van der Waals surface area contributed by atoms with Gasteiger partial charge in [-0.3, -0.25) is 4.79 Å².